The normalized spacial score (nSPS) is 12.2. The Morgan fingerprint density at radius 1 is 1.26 bits per heavy atom. The van der Waals surface area contributed by atoms with Crippen molar-refractivity contribution in [2.45, 2.75) is 51.3 Å². The van der Waals surface area contributed by atoms with Crippen LogP contribution in [0.3, 0.4) is 0 Å². The van der Waals surface area contributed by atoms with E-state index in [9.17, 15) is 0 Å². The molecule has 3 aromatic rings. The van der Waals surface area contributed by atoms with Crippen LogP contribution in [0.25, 0.3) is 22.6 Å². The molecule has 146 valence electrons. The number of rotatable bonds is 8. The number of aromatic nitrogens is 4. The highest BCUT2D eigenvalue weighted by molar-refractivity contribution is 7.99. The predicted octanol–water partition coefficient (Wildman–Crippen LogP) is 5.81. The summed E-state index contributed by atoms with van der Waals surface area (Å²) in [5.41, 5.74) is 3.73. The lowest BCUT2D eigenvalue weighted by Gasteiger charge is -2.16. The van der Waals surface area contributed by atoms with Crippen LogP contribution in [0.4, 0.5) is 0 Å². The number of nitrogens with zero attached hydrogens (tertiary/aromatic N) is 3. The number of benzene rings is 1. The molecule has 1 N–H and O–H groups in total. The fourth-order valence-electron chi connectivity index (χ4n) is 2.76. The van der Waals surface area contributed by atoms with Crippen LogP contribution in [0, 0.1) is 6.92 Å². The Balaban J connectivity index is 1.95. The van der Waals surface area contributed by atoms with Gasteiger partial charge in [0.05, 0.1) is 16.1 Å². The molecule has 0 aliphatic rings. The van der Waals surface area contributed by atoms with E-state index in [2.05, 4.69) is 41.3 Å². The molecular weight excluding hydrogens is 396 g/mol. The summed E-state index contributed by atoms with van der Waals surface area (Å²) in [7, 11) is -1.12. The van der Waals surface area contributed by atoms with Crippen molar-refractivity contribution in [3.05, 3.63) is 28.8 Å². The monoisotopic (exact) mass is 422 g/mol. The molecule has 2 aromatic heterocycles. The largest absolute Gasteiger partial charge is 0.361 e. The molecule has 2 heterocycles. The number of thioether (sulfide) groups is 1. The maximum atomic E-state index is 6.38. The van der Waals surface area contributed by atoms with Crippen LogP contribution in [-0.4, -0.2) is 40.2 Å². The van der Waals surface area contributed by atoms with Gasteiger partial charge in [0.1, 0.15) is 12.4 Å². The van der Waals surface area contributed by atoms with E-state index in [1.54, 1.807) is 11.8 Å². The number of fused-ring (bicyclic) bond motifs is 1. The topological polar surface area (TPSA) is 55.7 Å². The minimum atomic E-state index is -1.12. The van der Waals surface area contributed by atoms with Crippen LogP contribution >= 0.6 is 23.4 Å². The van der Waals surface area contributed by atoms with Crippen molar-refractivity contribution in [2.24, 2.45) is 0 Å². The third-order valence-electron chi connectivity index (χ3n) is 4.33. The van der Waals surface area contributed by atoms with Gasteiger partial charge in [-0.25, -0.2) is 4.98 Å². The number of aryl methyl sites for hydroxylation is 1. The zero-order valence-electron chi connectivity index (χ0n) is 16.6. The summed E-state index contributed by atoms with van der Waals surface area (Å²) >= 11 is 8.11. The van der Waals surface area contributed by atoms with Gasteiger partial charge in [0.2, 0.25) is 0 Å². The second-order valence-electron chi connectivity index (χ2n) is 7.85. The number of imidazole rings is 1. The molecular formula is C19H27ClN4OSSi. The average Bonchev–Trinajstić information content (AvgIpc) is 3.17. The Morgan fingerprint density at radius 2 is 2.04 bits per heavy atom. The number of ether oxygens (including phenoxy) is 1. The van der Waals surface area contributed by atoms with Gasteiger partial charge in [-0.3, -0.25) is 9.67 Å². The summed E-state index contributed by atoms with van der Waals surface area (Å²) in [5, 5.41) is 9.33. The number of H-pyrrole nitrogens is 1. The molecule has 0 aliphatic carbocycles. The molecule has 0 unspecified atom stereocenters. The van der Waals surface area contributed by atoms with Gasteiger partial charge in [-0.15, -0.1) is 11.8 Å². The maximum Gasteiger partial charge on any atom is 0.163 e. The van der Waals surface area contributed by atoms with Crippen molar-refractivity contribution in [1.82, 2.24) is 19.7 Å². The van der Waals surface area contributed by atoms with E-state index < -0.39 is 8.07 Å². The van der Waals surface area contributed by atoms with Gasteiger partial charge in [-0.2, -0.15) is 5.10 Å². The first-order valence-electron chi connectivity index (χ1n) is 9.21. The lowest BCUT2D eigenvalue weighted by atomic mass is 10.2. The smallest absolute Gasteiger partial charge is 0.163 e. The zero-order chi connectivity index (χ0) is 19.6. The van der Waals surface area contributed by atoms with Crippen molar-refractivity contribution in [1.29, 1.82) is 0 Å². The molecule has 5 nitrogen and oxygen atoms in total. The zero-order valence-corrected chi connectivity index (χ0v) is 19.2. The first-order valence-corrected chi connectivity index (χ1v) is 14.3. The summed E-state index contributed by atoms with van der Waals surface area (Å²) in [6.45, 7) is 12.4. The van der Waals surface area contributed by atoms with Crippen LogP contribution < -0.4 is 0 Å². The van der Waals surface area contributed by atoms with E-state index >= 15 is 0 Å². The van der Waals surface area contributed by atoms with Crippen molar-refractivity contribution in [3.63, 3.8) is 0 Å². The maximum absolute atomic E-state index is 6.38. The summed E-state index contributed by atoms with van der Waals surface area (Å²) in [6.07, 6.45) is 0. The molecule has 0 fully saturated rings. The molecule has 0 radical (unpaired) electrons. The molecule has 0 saturated carbocycles. The minimum Gasteiger partial charge on any atom is -0.361 e. The van der Waals surface area contributed by atoms with Crippen molar-refractivity contribution in [3.8, 4) is 11.5 Å². The van der Waals surface area contributed by atoms with Crippen LogP contribution in [0.5, 0.6) is 0 Å². The number of hydrogen-bond donors (Lipinski definition) is 1. The highest BCUT2D eigenvalue weighted by Gasteiger charge is 2.18. The molecule has 27 heavy (non-hydrogen) atoms. The number of aromatic amines is 1. The van der Waals surface area contributed by atoms with E-state index in [4.69, 9.17) is 21.3 Å². The fraction of sp³-hybridized carbons (Fsp3) is 0.474. The molecule has 3 rings (SSSR count). The van der Waals surface area contributed by atoms with Crippen molar-refractivity contribution >= 4 is 42.5 Å². The Morgan fingerprint density at radius 3 is 2.74 bits per heavy atom. The van der Waals surface area contributed by atoms with Gasteiger partial charge in [0.25, 0.3) is 0 Å². The van der Waals surface area contributed by atoms with Gasteiger partial charge in [-0.05, 0) is 36.4 Å². The molecule has 0 spiro atoms. The highest BCUT2D eigenvalue weighted by Crippen LogP contribution is 2.29. The van der Waals surface area contributed by atoms with Crippen LogP contribution in [0.15, 0.2) is 23.2 Å². The van der Waals surface area contributed by atoms with E-state index in [-0.39, 0.29) is 0 Å². The van der Waals surface area contributed by atoms with E-state index in [1.807, 2.05) is 25.1 Å². The molecule has 0 saturated heterocycles. The quantitative estimate of drug-likeness (QED) is 0.282. The first kappa shape index (κ1) is 20.5. The standard InChI is InChI=1S/C19H27ClN4OSSi/c1-6-26-18-11-16(22-23-18)19-21-15-9-13(2)14(20)10-17(15)24(19)12-25-7-8-27(3,4)5/h9-11H,6-8,12H2,1-5H3,(H,22,23). The number of halogens is 1. The molecule has 0 bridgehead atoms. The van der Waals surface area contributed by atoms with Gasteiger partial charge in [0.15, 0.2) is 5.82 Å². The molecule has 8 heteroatoms. The average molecular weight is 423 g/mol. The van der Waals surface area contributed by atoms with Crippen LogP contribution in [0.1, 0.15) is 12.5 Å². The minimum absolute atomic E-state index is 0.443. The molecule has 1 aromatic carbocycles. The molecule has 0 atom stereocenters. The van der Waals surface area contributed by atoms with E-state index in [0.717, 1.165) is 56.6 Å². The second kappa shape index (κ2) is 8.39. The van der Waals surface area contributed by atoms with Gasteiger partial charge in [-0.1, -0.05) is 38.2 Å². The van der Waals surface area contributed by atoms with Crippen LogP contribution in [0.2, 0.25) is 30.7 Å². The van der Waals surface area contributed by atoms with Gasteiger partial charge in [0, 0.05) is 25.8 Å². The van der Waals surface area contributed by atoms with Crippen molar-refractivity contribution in [2.75, 3.05) is 12.4 Å². The van der Waals surface area contributed by atoms with Crippen LogP contribution in [-0.2, 0) is 11.5 Å². The summed E-state index contributed by atoms with van der Waals surface area (Å²) in [4.78, 5) is 4.83. The molecule has 0 aliphatic heterocycles. The Bertz CT molecular complexity index is 932. The second-order valence-corrected chi connectivity index (χ2v) is 15.2. The van der Waals surface area contributed by atoms with Crippen molar-refractivity contribution < 1.29 is 4.74 Å². The summed E-state index contributed by atoms with van der Waals surface area (Å²) in [5.74, 6) is 1.80. The lowest BCUT2D eigenvalue weighted by molar-refractivity contribution is 0.0909. The number of nitrogens with one attached hydrogen (secondary N) is 1. The Hall–Kier alpha value is -1.28. The SMILES string of the molecule is CCSc1cc(-c2nc3cc(C)c(Cl)cc3n2COCC[Si](C)(C)C)n[nH]1. The Labute approximate surface area is 170 Å². The van der Waals surface area contributed by atoms with E-state index in [1.165, 1.54) is 0 Å². The summed E-state index contributed by atoms with van der Waals surface area (Å²) < 4.78 is 8.09. The predicted molar refractivity (Wildman–Crippen MR) is 118 cm³/mol. The van der Waals surface area contributed by atoms with Gasteiger partial charge < -0.3 is 4.74 Å². The Kier molecular flexibility index (Phi) is 6.35. The third kappa shape index (κ3) is 4.96. The first-order chi connectivity index (χ1) is 12.8. The highest BCUT2D eigenvalue weighted by atomic mass is 35.5. The third-order valence-corrected chi connectivity index (χ3v) is 7.25. The lowest BCUT2D eigenvalue weighted by Crippen LogP contribution is -2.22. The molecule has 0 amide bonds. The van der Waals surface area contributed by atoms with Gasteiger partial charge >= 0.3 is 0 Å². The number of hydrogen-bond acceptors (Lipinski definition) is 4. The van der Waals surface area contributed by atoms with E-state index in [0.29, 0.717) is 6.73 Å². The fourth-order valence-corrected chi connectivity index (χ4v) is 4.29. The summed E-state index contributed by atoms with van der Waals surface area (Å²) in [6, 6.07) is 7.17.